The van der Waals surface area contributed by atoms with Crippen LogP contribution in [0.2, 0.25) is 0 Å². The van der Waals surface area contributed by atoms with E-state index in [9.17, 15) is 4.79 Å². The molecule has 0 aliphatic carbocycles. The van der Waals surface area contributed by atoms with E-state index in [4.69, 9.17) is 0 Å². The molecule has 0 fully saturated rings. The van der Waals surface area contributed by atoms with Gasteiger partial charge in [0.15, 0.2) is 0 Å². The number of rotatable bonds is 6. The van der Waals surface area contributed by atoms with Crippen LogP contribution in [-0.4, -0.2) is 41.0 Å². The van der Waals surface area contributed by atoms with Crippen molar-refractivity contribution in [2.45, 2.75) is 13.8 Å². The minimum absolute atomic E-state index is 0.0970. The normalized spacial score (nSPS) is 10.8. The fourth-order valence-corrected chi connectivity index (χ4v) is 2.68. The topological polar surface area (TPSA) is 73.9 Å². The van der Waals surface area contributed by atoms with Crippen molar-refractivity contribution in [2.75, 3.05) is 24.5 Å². The number of hydrogen-bond acceptors (Lipinski definition) is 4. The van der Waals surface area contributed by atoms with Gasteiger partial charge in [0, 0.05) is 30.9 Å². The third-order valence-corrected chi connectivity index (χ3v) is 3.99. The second-order valence-electron chi connectivity index (χ2n) is 5.70. The third-order valence-electron chi connectivity index (χ3n) is 3.99. The Hall–Kier alpha value is -2.89. The van der Waals surface area contributed by atoms with Crippen LogP contribution < -0.4 is 10.2 Å². The molecular formula is C18H21N5O. The summed E-state index contributed by atoms with van der Waals surface area (Å²) in [6.07, 6.45) is 0. The van der Waals surface area contributed by atoms with Crippen molar-refractivity contribution in [3.63, 3.8) is 0 Å². The maximum atomic E-state index is 12.3. The summed E-state index contributed by atoms with van der Waals surface area (Å²) in [7, 11) is 0. The zero-order valence-electron chi connectivity index (χ0n) is 13.9. The molecule has 6 nitrogen and oxygen atoms in total. The summed E-state index contributed by atoms with van der Waals surface area (Å²) in [6, 6.07) is 13.7. The molecule has 0 saturated heterocycles. The molecule has 0 saturated carbocycles. The first-order chi connectivity index (χ1) is 11.7. The molecular weight excluding hydrogens is 302 g/mol. The van der Waals surface area contributed by atoms with Gasteiger partial charge in [-0.1, -0.05) is 12.1 Å². The van der Waals surface area contributed by atoms with E-state index in [2.05, 4.69) is 63.7 Å². The second-order valence-corrected chi connectivity index (χ2v) is 5.70. The lowest BCUT2D eigenvalue weighted by atomic mass is 10.2. The molecule has 2 aromatic carbocycles. The second kappa shape index (κ2) is 7.12. The standard InChI is InChI=1S/C18H21N5O/c1-3-23(15-6-4-5-13(2)11-15)10-9-19-18(24)14-7-8-16-17(12-14)21-22-20-16/h4-8,11-12H,3,9-10H2,1-2H3,(H,19,24)(H,20,21,22). The number of benzene rings is 2. The first-order valence-electron chi connectivity index (χ1n) is 8.07. The maximum Gasteiger partial charge on any atom is 0.251 e. The molecule has 6 heteroatoms. The lowest BCUT2D eigenvalue weighted by Gasteiger charge is -2.23. The molecule has 0 atom stereocenters. The molecule has 3 rings (SSSR count). The van der Waals surface area contributed by atoms with E-state index >= 15 is 0 Å². The van der Waals surface area contributed by atoms with Gasteiger partial charge in [-0.05, 0) is 49.7 Å². The highest BCUT2D eigenvalue weighted by Crippen LogP contribution is 2.15. The van der Waals surface area contributed by atoms with E-state index < -0.39 is 0 Å². The van der Waals surface area contributed by atoms with E-state index in [0.29, 0.717) is 17.6 Å². The fourth-order valence-electron chi connectivity index (χ4n) is 2.68. The van der Waals surface area contributed by atoms with Crippen molar-refractivity contribution in [3.8, 4) is 0 Å². The Kier molecular flexibility index (Phi) is 4.74. The van der Waals surface area contributed by atoms with Crippen LogP contribution in [0.3, 0.4) is 0 Å². The number of amides is 1. The van der Waals surface area contributed by atoms with Crippen LogP contribution in [0, 0.1) is 6.92 Å². The summed E-state index contributed by atoms with van der Waals surface area (Å²) in [5, 5.41) is 13.5. The summed E-state index contributed by atoms with van der Waals surface area (Å²) >= 11 is 0. The van der Waals surface area contributed by atoms with Gasteiger partial charge in [0.2, 0.25) is 0 Å². The minimum atomic E-state index is -0.0970. The number of carbonyl (C=O) groups excluding carboxylic acids is 1. The molecule has 0 aliphatic heterocycles. The van der Waals surface area contributed by atoms with Gasteiger partial charge in [-0.3, -0.25) is 4.79 Å². The Morgan fingerprint density at radius 1 is 1.17 bits per heavy atom. The zero-order valence-corrected chi connectivity index (χ0v) is 13.9. The maximum absolute atomic E-state index is 12.3. The number of likely N-dealkylation sites (N-methyl/N-ethyl adjacent to an activating group) is 1. The van der Waals surface area contributed by atoms with Crippen LogP contribution in [0.5, 0.6) is 0 Å². The van der Waals surface area contributed by atoms with Crippen LogP contribution in [0.15, 0.2) is 42.5 Å². The predicted octanol–water partition coefficient (Wildman–Crippen LogP) is 2.52. The van der Waals surface area contributed by atoms with E-state index in [1.807, 2.05) is 0 Å². The van der Waals surface area contributed by atoms with Gasteiger partial charge in [0.1, 0.15) is 11.0 Å². The Balaban J connectivity index is 1.59. The van der Waals surface area contributed by atoms with Gasteiger partial charge in [0.05, 0.1) is 0 Å². The Labute approximate surface area is 140 Å². The monoisotopic (exact) mass is 323 g/mol. The lowest BCUT2D eigenvalue weighted by molar-refractivity contribution is 0.0954. The number of nitrogens with one attached hydrogen (secondary N) is 2. The number of aryl methyl sites for hydroxylation is 1. The van der Waals surface area contributed by atoms with Crippen LogP contribution in [0.25, 0.3) is 11.0 Å². The van der Waals surface area contributed by atoms with Crippen LogP contribution in [-0.2, 0) is 0 Å². The molecule has 3 aromatic rings. The average Bonchev–Trinajstić information content (AvgIpc) is 3.06. The van der Waals surface area contributed by atoms with Crippen molar-refractivity contribution < 1.29 is 4.79 Å². The van der Waals surface area contributed by atoms with Gasteiger partial charge in [-0.15, -0.1) is 0 Å². The number of anilines is 1. The molecule has 1 amide bonds. The van der Waals surface area contributed by atoms with Gasteiger partial charge >= 0.3 is 0 Å². The fraction of sp³-hybridized carbons (Fsp3) is 0.278. The van der Waals surface area contributed by atoms with Gasteiger partial charge in [-0.25, -0.2) is 0 Å². The highest BCUT2D eigenvalue weighted by Gasteiger charge is 2.09. The first-order valence-corrected chi connectivity index (χ1v) is 8.07. The van der Waals surface area contributed by atoms with Gasteiger partial charge in [-0.2, -0.15) is 15.4 Å². The summed E-state index contributed by atoms with van der Waals surface area (Å²) in [5.41, 5.74) is 4.45. The molecule has 0 spiro atoms. The molecule has 2 N–H and O–H groups in total. The smallest absolute Gasteiger partial charge is 0.251 e. The van der Waals surface area contributed by atoms with Gasteiger partial charge < -0.3 is 10.2 Å². The highest BCUT2D eigenvalue weighted by atomic mass is 16.1. The first kappa shape index (κ1) is 16.0. The molecule has 0 aliphatic rings. The number of hydrogen-bond donors (Lipinski definition) is 2. The SMILES string of the molecule is CCN(CCNC(=O)c1ccc2n[nH]nc2c1)c1cccc(C)c1. The number of nitrogens with zero attached hydrogens (tertiary/aromatic N) is 3. The number of aromatic nitrogens is 3. The predicted molar refractivity (Wildman–Crippen MR) is 95.3 cm³/mol. The van der Waals surface area contributed by atoms with Crippen molar-refractivity contribution in [3.05, 3.63) is 53.6 Å². The molecule has 0 unspecified atom stereocenters. The van der Waals surface area contributed by atoms with Crippen LogP contribution in [0.1, 0.15) is 22.8 Å². The van der Waals surface area contributed by atoms with Crippen molar-refractivity contribution in [2.24, 2.45) is 0 Å². The number of carbonyl (C=O) groups is 1. The van der Waals surface area contributed by atoms with E-state index in [1.54, 1.807) is 18.2 Å². The number of H-pyrrole nitrogens is 1. The summed E-state index contributed by atoms with van der Waals surface area (Å²) < 4.78 is 0. The molecule has 124 valence electrons. The zero-order chi connectivity index (χ0) is 16.9. The van der Waals surface area contributed by atoms with Crippen LogP contribution >= 0.6 is 0 Å². The Morgan fingerprint density at radius 3 is 2.79 bits per heavy atom. The summed E-state index contributed by atoms with van der Waals surface area (Å²) in [6.45, 7) is 6.43. The molecule has 0 bridgehead atoms. The molecule has 1 aromatic heterocycles. The quantitative estimate of drug-likeness (QED) is 0.731. The van der Waals surface area contributed by atoms with Crippen molar-refractivity contribution >= 4 is 22.6 Å². The number of fused-ring (bicyclic) bond motifs is 1. The van der Waals surface area contributed by atoms with E-state index in [0.717, 1.165) is 18.6 Å². The van der Waals surface area contributed by atoms with E-state index in [1.165, 1.54) is 11.3 Å². The Morgan fingerprint density at radius 2 is 2.00 bits per heavy atom. The number of aromatic amines is 1. The van der Waals surface area contributed by atoms with Crippen LogP contribution in [0.4, 0.5) is 5.69 Å². The molecule has 24 heavy (non-hydrogen) atoms. The highest BCUT2D eigenvalue weighted by molar-refractivity contribution is 5.97. The lowest BCUT2D eigenvalue weighted by Crippen LogP contribution is -2.35. The van der Waals surface area contributed by atoms with Crippen molar-refractivity contribution in [1.29, 1.82) is 0 Å². The van der Waals surface area contributed by atoms with Crippen molar-refractivity contribution in [1.82, 2.24) is 20.7 Å². The average molecular weight is 323 g/mol. The largest absolute Gasteiger partial charge is 0.370 e. The molecule has 0 radical (unpaired) electrons. The Bertz CT molecular complexity index is 842. The van der Waals surface area contributed by atoms with E-state index in [-0.39, 0.29) is 5.91 Å². The molecule has 1 heterocycles. The summed E-state index contributed by atoms with van der Waals surface area (Å²) in [4.78, 5) is 14.5. The third kappa shape index (κ3) is 3.53. The summed E-state index contributed by atoms with van der Waals surface area (Å²) in [5.74, 6) is -0.0970. The van der Waals surface area contributed by atoms with Gasteiger partial charge in [0.25, 0.3) is 5.91 Å². The minimum Gasteiger partial charge on any atom is -0.370 e.